The van der Waals surface area contributed by atoms with E-state index in [2.05, 4.69) is 26.6 Å². The monoisotopic (exact) mass is 436 g/mol. The lowest BCUT2D eigenvalue weighted by Gasteiger charge is -2.29. The second-order valence-corrected chi connectivity index (χ2v) is 10.7. The molecular formula is C18H20N4O5S2. The van der Waals surface area contributed by atoms with Gasteiger partial charge in [0.25, 0.3) is 10.0 Å². The van der Waals surface area contributed by atoms with Crippen LogP contribution in [-0.2, 0) is 20.0 Å². The van der Waals surface area contributed by atoms with Gasteiger partial charge in [-0.3, -0.25) is 4.72 Å². The molecule has 4 rings (SSSR count). The van der Waals surface area contributed by atoms with Gasteiger partial charge in [-0.05, 0) is 65.5 Å². The Hall–Kier alpha value is -2.50. The average Bonchev–Trinajstić information content (AvgIpc) is 3.17. The molecule has 29 heavy (non-hydrogen) atoms. The van der Waals surface area contributed by atoms with Crippen LogP contribution in [0, 0.1) is 5.92 Å². The fourth-order valence-corrected chi connectivity index (χ4v) is 5.96. The molecule has 3 aromatic rings. The first-order valence-corrected chi connectivity index (χ1v) is 12.0. The van der Waals surface area contributed by atoms with E-state index in [1.54, 1.807) is 6.07 Å². The molecule has 9 nitrogen and oxygen atoms in total. The summed E-state index contributed by atoms with van der Waals surface area (Å²) in [5, 5.41) is 7.28. The van der Waals surface area contributed by atoms with Crippen molar-refractivity contribution in [1.29, 1.82) is 0 Å². The van der Waals surface area contributed by atoms with E-state index in [0.29, 0.717) is 24.5 Å². The van der Waals surface area contributed by atoms with Gasteiger partial charge in [0, 0.05) is 18.8 Å². The minimum absolute atomic E-state index is 0.0737. The zero-order chi connectivity index (χ0) is 20.6. The molecule has 1 aliphatic heterocycles. The van der Waals surface area contributed by atoms with Gasteiger partial charge in [-0.1, -0.05) is 13.0 Å². The highest BCUT2D eigenvalue weighted by molar-refractivity contribution is 7.93. The normalized spacial score (nSPS) is 16.9. The van der Waals surface area contributed by atoms with Gasteiger partial charge in [0.15, 0.2) is 5.52 Å². The SMILES string of the molecule is CC1CCN(S(=O)(=O)c2ccc(NS(=O)(=O)c3cccc4nonc34)cc2)CC1. The van der Waals surface area contributed by atoms with Gasteiger partial charge in [-0.25, -0.2) is 21.5 Å². The number of anilines is 1. The Morgan fingerprint density at radius 2 is 1.69 bits per heavy atom. The molecule has 0 atom stereocenters. The maximum Gasteiger partial charge on any atom is 0.264 e. The first-order valence-electron chi connectivity index (χ1n) is 9.12. The second kappa shape index (κ2) is 7.39. The number of rotatable bonds is 5. The van der Waals surface area contributed by atoms with E-state index < -0.39 is 20.0 Å². The Kier molecular flexibility index (Phi) is 5.05. The van der Waals surface area contributed by atoms with E-state index in [-0.39, 0.29) is 21.0 Å². The molecule has 0 aliphatic carbocycles. The Morgan fingerprint density at radius 1 is 1.00 bits per heavy atom. The van der Waals surface area contributed by atoms with Crippen LogP contribution in [0.15, 0.2) is 56.9 Å². The Morgan fingerprint density at radius 3 is 2.38 bits per heavy atom. The number of fused-ring (bicyclic) bond motifs is 1. The van der Waals surface area contributed by atoms with Gasteiger partial charge in [0.2, 0.25) is 10.0 Å². The van der Waals surface area contributed by atoms with Crippen molar-refractivity contribution >= 4 is 36.8 Å². The van der Waals surface area contributed by atoms with E-state index >= 15 is 0 Å². The topological polar surface area (TPSA) is 122 Å². The van der Waals surface area contributed by atoms with Crippen molar-refractivity contribution in [3.63, 3.8) is 0 Å². The number of hydrogen-bond donors (Lipinski definition) is 1. The third-order valence-electron chi connectivity index (χ3n) is 5.03. The molecule has 0 spiro atoms. The zero-order valence-corrected chi connectivity index (χ0v) is 17.3. The summed E-state index contributed by atoms with van der Waals surface area (Å²) in [4.78, 5) is 0.0631. The molecule has 0 saturated carbocycles. The van der Waals surface area contributed by atoms with Crippen molar-refractivity contribution in [3.05, 3.63) is 42.5 Å². The van der Waals surface area contributed by atoms with Gasteiger partial charge in [0.1, 0.15) is 10.4 Å². The molecule has 0 amide bonds. The molecule has 1 aliphatic rings. The molecule has 0 unspecified atom stereocenters. The van der Waals surface area contributed by atoms with E-state index in [9.17, 15) is 16.8 Å². The van der Waals surface area contributed by atoms with Gasteiger partial charge < -0.3 is 0 Å². The third-order valence-corrected chi connectivity index (χ3v) is 8.35. The van der Waals surface area contributed by atoms with Crippen LogP contribution in [0.1, 0.15) is 19.8 Å². The number of aromatic nitrogens is 2. The van der Waals surface area contributed by atoms with Gasteiger partial charge >= 0.3 is 0 Å². The van der Waals surface area contributed by atoms with Crippen molar-refractivity contribution in [1.82, 2.24) is 14.6 Å². The Bertz CT molecular complexity index is 1230. The lowest BCUT2D eigenvalue weighted by atomic mass is 10.0. The van der Waals surface area contributed by atoms with Crippen molar-refractivity contribution in [2.45, 2.75) is 29.6 Å². The largest absolute Gasteiger partial charge is 0.280 e. The van der Waals surface area contributed by atoms with Crippen LogP contribution in [0.3, 0.4) is 0 Å². The molecule has 0 bridgehead atoms. The average molecular weight is 437 g/mol. The lowest BCUT2D eigenvalue weighted by molar-refractivity contribution is 0.288. The van der Waals surface area contributed by atoms with Crippen LogP contribution in [0.4, 0.5) is 5.69 Å². The van der Waals surface area contributed by atoms with Crippen molar-refractivity contribution in [3.8, 4) is 0 Å². The second-order valence-electron chi connectivity index (χ2n) is 7.10. The van der Waals surface area contributed by atoms with E-state index in [1.807, 2.05) is 0 Å². The fraction of sp³-hybridized carbons (Fsp3) is 0.333. The predicted molar refractivity (Wildman–Crippen MR) is 106 cm³/mol. The Balaban J connectivity index is 1.56. The maximum atomic E-state index is 12.8. The molecule has 1 saturated heterocycles. The summed E-state index contributed by atoms with van der Waals surface area (Å²) in [6, 6.07) is 10.2. The number of hydrogen-bond acceptors (Lipinski definition) is 7. The van der Waals surface area contributed by atoms with Crippen molar-refractivity contribution in [2.75, 3.05) is 17.8 Å². The van der Waals surface area contributed by atoms with Crippen molar-refractivity contribution in [2.24, 2.45) is 5.92 Å². The molecule has 154 valence electrons. The molecular weight excluding hydrogens is 416 g/mol. The number of sulfonamides is 2. The smallest absolute Gasteiger partial charge is 0.264 e. The van der Waals surface area contributed by atoms with E-state index in [1.165, 1.54) is 40.7 Å². The van der Waals surface area contributed by atoms with E-state index in [4.69, 9.17) is 0 Å². The summed E-state index contributed by atoms with van der Waals surface area (Å²) in [6.07, 6.45) is 1.67. The van der Waals surface area contributed by atoms with Crippen LogP contribution < -0.4 is 4.72 Å². The van der Waals surface area contributed by atoms with Crippen LogP contribution in [-0.4, -0.2) is 44.5 Å². The lowest BCUT2D eigenvalue weighted by Crippen LogP contribution is -2.37. The standard InChI is InChI=1S/C18H20N4O5S2/c1-13-9-11-22(12-10-13)29(25,26)15-7-5-14(6-8-15)21-28(23,24)17-4-2-3-16-18(17)20-27-19-16/h2-8,13,21H,9-12H2,1H3. The van der Waals surface area contributed by atoms with Crippen LogP contribution >= 0.6 is 0 Å². The molecule has 0 radical (unpaired) electrons. The number of piperidine rings is 1. The van der Waals surface area contributed by atoms with Gasteiger partial charge in [-0.15, -0.1) is 0 Å². The molecule has 1 N–H and O–H groups in total. The highest BCUT2D eigenvalue weighted by atomic mass is 32.2. The van der Waals surface area contributed by atoms with Crippen LogP contribution in [0.2, 0.25) is 0 Å². The van der Waals surface area contributed by atoms with Crippen molar-refractivity contribution < 1.29 is 21.5 Å². The fourth-order valence-electron chi connectivity index (χ4n) is 3.28. The van der Waals surface area contributed by atoms with E-state index in [0.717, 1.165) is 12.8 Å². The molecule has 1 fully saturated rings. The molecule has 2 heterocycles. The Labute approximate surface area is 168 Å². The summed E-state index contributed by atoms with van der Waals surface area (Å²) in [5.74, 6) is 0.516. The first kappa shape index (κ1) is 19.8. The molecule has 2 aromatic carbocycles. The minimum Gasteiger partial charge on any atom is -0.280 e. The summed E-state index contributed by atoms with van der Waals surface area (Å²) < 4.78 is 59.5. The zero-order valence-electron chi connectivity index (χ0n) is 15.6. The quantitative estimate of drug-likeness (QED) is 0.652. The summed E-state index contributed by atoms with van der Waals surface area (Å²) in [5.41, 5.74) is 0.688. The summed E-state index contributed by atoms with van der Waals surface area (Å²) in [7, 11) is -7.55. The molecule has 1 aromatic heterocycles. The minimum atomic E-state index is -3.96. The van der Waals surface area contributed by atoms with Crippen LogP contribution in [0.5, 0.6) is 0 Å². The number of benzene rings is 2. The van der Waals surface area contributed by atoms with Gasteiger partial charge in [-0.2, -0.15) is 4.31 Å². The number of nitrogens with zero attached hydrogens (tertiary/aromatic N) is 3. The predicted octanol–water partition coefficient (Wildman–Crippen LogP) is 2.44. The highest BCUT2D eigenvalue weighted by Crippen LogP contribution is 2.26. The summed E-state index contributed by atoms with van der Waals surface area (Å²) in [6.45, 7) is 3.10. The number of nitrogens with one attached hydrogen (secondary N) is 1. The van der Waals surface area contributed by atoms with Crippen LogP contribution in [0.25, 0.3) is 11.0 Å². The van der Waals surface area contributed by atoms with Gasteiger partial charge in [0.05, 0.1) is 4.90 Å². The molecule has 11 heteroatoms. The summed E-state index contributed by atoms with van der Waals surface area (Å²) >= 11 is 0. The maximum absolute atomic E-state index is 12.8. The highest BCUT2D eigenvalue weighted by Gasteiger charge is 2.28. The third kappa shape index (κ3) is 3.85. The first-order chi connectivity index (χ1) is 13.8.